The molecule has 0 atom stereocenters. The van der Waals surface area contributed by atoms with Gasteiger partial charge in [-0.25, -0.2) is 4.68 Å². The van der Waals surface area contributed by atoms with Gasteiger partial charge in [-0.15, -0.1) is 5.10 Å². The zero-order chi connectivity index (χ0) is 13.0. The number of aliphatic hydroxyl groups excluding tert-OH is 1. The summed E-state index contributed by atoms with van der Waals surface area (Å²) in [6, 6.07) is 6.80. The van der Waals surface area contributed by atoms with E-state index in [1.165, 1.54) is 10.9 Å². The summed E-state index contributed by atoms with van der Waals surface area (Å²) in [6.07, 6.45) is 1.52. The number of anilines is 1. The van der Waals surface area contributed by atoms with Gasteiger partial charge in [0, 0.05) is 10.7 Å². The van der Waals surface area contributed by atoms with Crippen LogP contribution >= 0.6 is 11.6 Å². The third-order valence-corrected chi connectivity index (χ3v) is 2.43. The Hall–Kier alpha value is -1.92. The Labute approximate surface area is 108 Å². The van der Waals surface area contributed by atoms with Crippen LogP contribution in [0.3, 0.4) is 0 Å². The van der Waals surface area contributed by atoms with Crippen LogP contribution in [0.2, 0.25) is 5.02 Å². The number of hydrogen-bond donors (Lipinski definition) is 2. The lowest BCUT2D eigenvalue weighted by Gasteiger charge is -2.04. The molecule has 2 N–H and O–H groups in total. The van der Waals surface area contributed by atoms with E-state index in [2.05, 4.69) is 15.6 Å². The molecule has 0 saturated carbocycles. The van der Waals surface area contributed by atoms with Crippen LogP contribution in [-0.4, -0.2) is 26.0 Å². The Bertz CT molecular complexity index is 538. The summed E-state index contributed by atoms with van der Waals surface area (Å²) in [7, 11) is 0. The van der Waals surface area contributed by atoms with E-state index < -0.39 is 0 Å². The number of aromatic nitrogens is 3. The molecule has 0 radical (unpaired) electrons. The fourth-order valence-electron chi connectivity index (χ4n) is 1.37. The maximum atomic E-state index is 11.7. The second-order valence-corrected chi connectivity index (χ2v) is 4.06. The molecule has 94 valence electrons. The van der Waals surface area contributed by atoms with E-state index in [1.54, 1.807) is 24.3 Å². The lowest BCUT2D eigenvalue weighted by atomic mass is 10.3. The molecule has 0 bridgehead atoms. The summed E-state index contributed by atoms with van der Waals surface area (Å²) < 4.78 is 1.36. The van der Waals surface area contributed by atoms with Gasteiger partial charge in [-0.3, -0.25) is 4.79 Å². The molecule has 0 spiro atoms. The van der Waals surface area contributed by atoms with Crippen LogP contribution < -0.4 is 5.32 Å². The maximum absolute atomic E-state index is 11.7. The molecule has 2 rings (SSSR count). The molecule has 1 heterocycles. The standard InChI is InChI=1S/C11H11ClN4O2/c12-8-1-3-9(4-2-8)13-11(18)6-16-5-10(7-17)14-15-16/h1-5,17H,6-7H2,(H,13,18). The Morgan fingerprint density at radius 3 is 2.72 bits per heavy atom. The van der Waals surface area contributed by atoms with Crippen LogP contribution in [0.1, 0.15) is 5.69 Å². The van der Waals surface area contributed by atoms with E-state index in [4.69, 9.17) is 16.7 Å². The molecule has 1 amide bonds. The van der Waals surface area contributed by atoms with E-state index in [0.29, 0.717) is 16.4 Å². The number of hydrogen-bond acceptors (Lipinski definition) is 4. The minimum Gasteiger partial charge on any atom is -0.390 e. The second-order valence-electron chi connectivity index (χ2n) is 3.62. The highest BCUT2D eigenvalue weighted by molar-refractivity contribution is 6.30. The SMILES string of the molecule is O=C(Cn1cc(CO)nn1)Nc1ccc(Cl)cc1. The highest BCUT2D eigenvalue weighted by Crippen LogP contribution is 2.13. The summed E-state index contributed by atoms with van der Waals surface area (Å²) in [4.78, 5) is 11.7. The molecular formula is C11H11ClN4O2. The van der Waals surface area contributed by atoms with E-state index in [9.17, 15) is 4.79 Å². The number of aliphatic hydroxyl groups is 1. The van der Waals surface area contributed by atoms with Crippen LogP contribution in [0.5, 0.6) is 0 Å². The molecule has 2 aromatic rings. The first kappa shape index (κ1) is 12.5. The van der Waals surface area contributed by atoms with Crippen molar-refractivity contribution in [3.8, 4) is 0 Å². The van der Waals surface area contributed by atoms with Crippen LogP contribution in [0.4, 0.5) is 5.69 Å². The summed E-state index contributed by atoms with van der Waals surface area (Å²) in [5.74, 6) is -0.230. The van der Waals surface area contributed by atoms with Crippen molar-refractivity contribution < 1.29 is 9.90 Å². The van der Waals surface area contributed by atoms with Crippen molar-refractivity contribution in [3.63, 3.8) is 0 Å². The minimum absolute atomic E-state index is 0.0373. The number of benzene rings is 1. The number of nitrogens with zero attached hydrogens (tertiary/aromatic N) is 3. The Morgan fingerprint density at radius 2 is 2.11 bits per heavy atom. The Kier molecular flexibility index (Phi) is 3.91. The third kappa shape index (κ3) is 3.28. The van der Waals surface area contributed by atoms with E-state index in [0.717, 1.165) is 0 Å². The van der Waals surface area contributed by atoms with Gasteiger partial charge in [0.1, 0.15) is 12.2 Å². The van der Waals surface area contributed by atoms with Gasteiger partial charge in [0.25, 0.3) is 0 Å². The molecule has 0 saturated heterocycles. The number of carbonyl (C=O) groups is 1. The first-order valence-corrected chi connectivity index (χ1v) is 5.60. The predicted molar refractivity (Wildman–Crippen MR) is 66.0 cm³/mol. The van der Waals surface area contributed by atoms with Crippen molar-refractivity contribution in [2.45, 2.75) is 13.2 Å². The summed E-state index contributed by atoms with van der Waals surface area (Å²) in [6.45, 7) is -0.158. The lowest BCUT2D eigenvalue weighted by Crippen LogP contribution is -2.19. The molecule has 7 heteroatoms. The maximum Gasteiger partial charge on any atom is 0.246 e. The monoisotopic (exact) mass is 266 g/mol. The van der Waals surface area contributed by atoms with E-state index >= 15 is 0 Å². The van der Waals surface area contributed by atoms with Crippen LogP contribution in [0.25, 0.3) is 0 Å². The number of amides is 1. The molecule has 0 aliphatic rings. The summed E-state index contributed by atoms with van der Waals surface area (Å²) >= 11 is 5.74. The van der Waals surface area contributed by atoms with Crippen molar-refractivity contribution in [3.05, 3.63) is 41.2 Å². The van der Waals surface area contributed by atoms with Gasteiger partial charge in [0.2, 0.25) is 5.91 Å². The second kappa shape index (κ2) is 5.61. The molecule has 0 unspecified atom stereocenters. The normalized spacial score (nSPS) is 10.3. The van der Waals surface area contributed by atoms with Gasteiger partial charge in [-0.1, -0.05) is 16.8 Å². The number of nitrogens with one attached hydrogen (secondary N) is 1. The number of carbonyl (C=O) groups excluding carboxylic acids is 1. The van der Waals surface area contributed by atoms with Crippen LogP contribution in [0.15, 0.2) is 30.5 Å². The fourth-order valence-corrected chi connectivity index (χ4v) is 1.50. The van der Waals surface area contributed by atoms with Crippen molar-refractivity contribution in [2.24, 2.45) is 0 Å². The minimum atomic E-state index is -0.230. The van der Waals surface area contributed by atoms with Crippen molar-refractivity contribution in [1.29, 1.82) is 0 Å². The Morgan fingerprint density at radius 1 is 1.39 bits per heavy atom. The number of rotatable bonds is 4. The molecular weight excluding hydrogens is 256 g/mol. The van der Waals surface area contributed by atoms with Crippen molar-refractivity contribution >= 4 is 23.2 Å². The quantitative estimate of drug-likeness (QED) is 0.867. The van der Waals surface area contributed by atoms with Gasteiger partial charge in [0.15, 0.2) is 0 Å². The fraction of sp³-hybridized carbons (Fsp3) is 0.182. The first-order valence-electron chi connectivity index (χ1n) is 5.22. The van der Waals surface area contributed by atoms with Crippen molar-refractivity contribution in [1.82, 2.24) is 15.0 Å². The lowest BCUT2D eigenvalue weighted by molar-refractivity contribution is -0.116. The zero-order valence-electron chi connectivity index (χ0n) is 9.38. The largest absolute Gasteiger partial charge is 0.390 e. The first-order chi connectivity index (χ1) is 8.67. The summed E-state index contributed by atoms with van der Waals surface area (Å²) in [5.41, 5.74) is 1.08. The molecule has 0 aliphatic carbocycles. The third-order valence-electron chi connectivity index (χ3n) is 2.18. The number of halogens is 1. The van der Waals surface area contributed by atoms with Crippen LogP contribution in [0, 0.1) is 0 Å². The van der Waals surface area contributed by atoms with E-state index in [1.807, 2.05) is 0 Å². The molecule has 1 aromatic heterocycles. The topological polar surface area (TPSA) is 80.0 Å². The molecule has 0 fully saturated rings. The summed E-state index contributed by atoms with van der Waals surface area (Å²) in [5, 5.41) is 19.5. The smallest absolute Gasteiger partial charge is 0.246 e. The highest BCUT2D eigenvalue weighted by atomic mass is 35.5. The van der Waals surface area contributed by atoms with Crippen LogP contribution in [-0.2, 0) is 17.9 Å². The van der Waals surface area contributed by atoms with Gasteiger partial charge >= 0.3 is 0 Å². The zero-order valence-corrected chi connectivity index (χ0v) is 10.1. The molecule has 1 aromatic carbocycles. The average Bonchev–Trinajstić information content (AvgIpc) is 2.79. The molecule has 18 heavy (non-hydrogen) atoms. The van der Waals surface area contributed by atoms with Gasteiger partial charge in [-0.05, 0) is 24.3 Å². The predicted octanol–water partition coefficient (Wildman–Crippen LogP) is 1.06. The highest BCUT2D eigenvalue weighted by Gasteiger charge is 2.06. The van der Waals surface area contributed by atoms with E-state index in [-0.39, 0.29) is 19.1 Å². The molecule has 0 aliphatic heterocycles. The average molecular weight is 267 g/mol. The van der Waals surface area contributed by atoms with Crippen molar-refractivity contribution in [2.75, 3.05) is 5.32 Å². The van der Waals surface area contributed by atoms with Gasteiger partial charge < -0.3 is 10.4 Å². The van der Waals surface area contributed by atoms with Gasteiger partial charge in [-0.2, -0.15) is 0 Å². The molecule has 6 nitrogen and oxygen atoms in total. The Balaban J connectivity index is 1.94. The van der Waals surface area contributed by atoms with Gasteiger partial charge in [0.05, 0.1) is 12.8 Å².